The van der Waals surface area contributed by atoms with E-state index in [-0.39, 0.29) is 32.5 Å². The fourth-order valence-corrected chi connectivity index (χ4v) is 4.44. The maximum absolute atomic E-state index is 13.0. The zero-order valence-corrected chi connectivity index (χ0v) is 18.9. The van der Waals surface area contributed by atoms with Gasteiger partial charge in [0.25, 0.3) is 15.9 Å². The summed E-state index contributed by atoms with van der Waals surface area (Å²) in [4.78, 5) is 12.5. The molecule has 8 nitrogen and oxygen atoms in total. The van der Waals surface area contributed by atoms with Crippen molar-refractivity contribution in [3.63, 3.8) is 0 Å². The van der Waals surface area contributed by atoms with Crippen molar-refractivity contribution in [1.82, 2.24) is 0 Å². The second-order valence-corrected chi connectivity index (χ2v) is 10.5. The molecule has 0 bridgehead atoms. The highest BCUT2D eigenvalue weighted by Gasteiger charge is 2.16. The Kier molecular flexibility index (Phi) is 6.72. The molecular weight excluding hydrogens is 481 g/mol. The maximum Gasteiger partial charge on any atom is 0.261 e. The molecule has 0 atom stereocenters. The molecule has 0 heterocycles. The Morgan fingerprint density at radius 3 is 1.97 bits per heavy atom. The van der Waals surface area contributed by atoms with E-state index < -0.39 is 31.8 Å². The number of carbonyl (C=O) groups excluding carboxylic acids is 1. The van der Waals surface area contributed by atoms with Crippen molar-refractivity contribution in [1.29, 1.82) is 0 Å². The fraction of sp³-hybridized carbons (Fsp3) is 0.0500. The van der Waals surface area contributed by atoms with E-state index in [2.05, 4.69) is 14.8 Å². The predicted octanol–water partition coefficient (Wildman–Crippen LogP) is 3.90. The van der Waals surface area contributed by atoms with Gasteiger partial charge in [-0.05, 0) is 66.7 Å². The van der Waals surface area contributed by atoms with E-state index in [1.54, 1.807) is 0 Å². The van der Waals surface area contributed by atoms with Crippen LogP contribution in [0.3, 0.4) is 0 Å². The number of hydrogen-bond donors (Lipinski definition) is 3. The summed E-state index contributed by atoms with van der Waals surface area (Å²) in [7, 11) is -7.47. The highest BCUT2D eigenvalue weighted by Crippen LogP contribution is 2.23. The average molecular weight is 498 g/mol. The Morgan fingerprint density at radius 1 is 0.812 bits per heavy atom. The minimum atomic E-state index is -3.92. The van der Waals surface area contributed by atoms with Crippen molar-refractivity contribution in [2.75, 3.05) is 21.0 Å². The van der Waals surface area contributed by atoms with Gasteiger partial charge < -0.3 is 5.32 Å². The smallest absolute Gasteiger partial charge is 0.261 e. The molecule has 3 N–H and O–H groups in total. The van der Waals surface area contributed by atoms with Crippen LogP contribution in [0.1, 0.15) is 10.4 Å². The van der Waals surface area contributed by atoms with Gasteiger partial charge in [-0.15, -0.1) is 0 Å². The summed E-state index contributed by atoms with van der Waals surface area (Å²) in [5.74, 6) is -1.11. The van der Waals surface area contributed by atoms with Crippen LogP contribution < -0.4 is 14.8 Å². The Labute approximate surface area is 189 Å². The van der Waals surface area contributed by atoms with Gasteiger partial charge in [-0.25, -0.2) is 21.2 Å². The molecule has 168 valence electrons. The van der Waals surface area contributed by atoms with E-state index in [9.17, 15) is 26.0 Å². The van der Waals surface area contributed by atoms with Gasteiger partial charge in [0.1, 0.15) is 5.82 Å². The molecule has 1 amide bonds. The minimum absolute atomic E-state index is 0.0231. The van der Waals surface area contributed by atoms with Crippen LogP contribution in [0.25, 0.3) is 0 Å². The SMILES string of the molecule is CS(=O)(=O)Nc1ccc(Cl)c(C(=O)Nc2ccc(S(=O)(=O)Nc3ccc(F)cc3)cc2)c1. The lowest BCUT2D eigenvalue weighted by atomic mass is 10.2. The monoisotopic (exact) mass is 497 g/mol. The maximum atomic E-state index is 13.0. The van der Waals surface area contributed by atoms with Crippen LogP contribution in [0.15, 0.2) is 71.6 Å². The molecule has 3 aromatic carbocycles. The molecule has 0 aliphatic rings. The molecule has 0 fully saturated rings. The van der Waals surface area contributed by atoms with E-state index in [4.69, 9.17) is 11.6 Å². The number of amides is 1. The Bertz CT molecular complexity index is 1360. The highest BCUT2D eigenvalue weighted by atomic mass is 35.5. The molecule has 0 aliphatic carbocycles. The van der Waals surface area contributed by atoms with Crippen LogP contribution in [-0.4, -0.2) is 29.0 Å². The average Bonchev–Trinajstić information content (AvgIpc) is 2.70. The van der Waals surface area contributed by atoms with Gasteiger partial charge in [0, 0.05) is 17.1 Å². The fourth-order valence-electron chi connectivity index (χ4n) is 2.62. The van der Waals surface area contributed by atoms with Crippen LogP contribution in [0.2, 0.25) is 5.02 Å². The molecular formula is C20H17ClFN3O5S2. The molecule has 0 radical (unpaired) electrons. The first-order chi connectivity index (χ1) is 14.9. The number of nitrogens with one attached hydrogen (secondary N) is 3. The highest BCUT2D eigenvalue weighted by molar-refractivity contribution is 7.92. The zero-order valence-electron chi connectivity index (χ0n) is 16.5. The second-order valence-electron chi connectivity index (χ2n) is 6.66. The van der Waals surface area contributed by atoms with E-state index >= 15 is 0 Å². The summed E-state index contributed by atoms with van der Waals surface area (Å²) in [5, 5.41) is 2.67. The van der Waals surface area contributed by atoms with E-state index in [0.717, 1.165) is 18.4 Å². The van der Waals surface area contributed by atoms with Crippen LogP contribution in [0, 0.1) is 5.82 Å². The van der Waals surface area contributed by atoms with Gasteiger partial charge in [0.05, 0.1) is 21.7 Å². The van der Waals surface area contributed by atoms with Gasteiger partial charge in [-0.1, -0.05) is 11.6 Å². The Morgan fingerprint density at radius 2 is 1.38 bits per heavy atom. The van der Waals surface area contributed by atoms with Gasteiger partial charge in [-0.2, -0.15) is 0 Å². The van der Waals surface area contributed by atoms with E-state index in [0.29, 0.717) is 0 Å². The summed E-state index contributed by atoms with van der Waals surface area (Å²) in [5.41, 5.74) is 0.666. The summed E-state index contributed by atoms with van der Waals surface area (Å²) < 4.78 is 65.3. The number of halogens is 2. The van der Waals surface area contributed by atoms with Gasteiger partial charge in [-0.3, -0.25) is 14.2 Å². The van der Waals surface area contributed by atoms with E-state index in [1.165, 1.54) is 54.6 Å². The first-order valence-corrected chi connectivity index (χ1v) is 12.7. The number of rotatable bonds is 7. The summed E-state index contributed by atoms with van der Waals surface area (Å²) in [6.07, 6.45) is 0.974. The number of sulfonamides is 2. The van der Waals surface area contributed by atoms with Gasteiger partial charge >= 0.3 is 0 Å². The third-order valence-corrected chi connectivity index (χ3v) is 6.37. The van der Waals surface area contributed by atoms with Crippen molar-refractivity contribution < 1.29 is 26.0 Å². The lowest BCUT2D eigenvalue weighted by Crippen LogP contribution is -2.15. The van der Waals surface area contributed by atoms with Crippen molar-refractivity contribution in [2.24, 2.45) is 0 Å². The van der Waals surface area contributed by atoms with Crippen LogP contribution >= 0.6 is 11.6 Å². The molecule has 0 spiro atoms. The van der Waals surface area contributed by atoms with E-state index in [1.807, 2.05) is 0 Å². The van der Waals surface area contributed by atoms with Crippen LogP contribution in [0.4, 0.5) is 21.5 Å². The molecule has 0 aromatic heterocycles. The number of anilines is 3. The van der Waals surface area contributed by atoms with Crippen molar-refractivity contribution in [2.45, 2.75) is 4.90 Å². The quantitative estimate of drug-likeness (QED) is 0.457. The normalized spacial score (nSPS) is 11.6. The first kappa shape index (κ1) is 23.5. The zero-order chi connectivity index (χ0) is 23.5. The lowest BCUT2D eigenvalue weighted by Gasteiger charge is -2.11. The molecule has 3 aromatic rings. The molecule has 0 saturated heterocycles. The number of benzene rings is 3. The molecule has 0 saturated carbocycles. The summed E-state index contributed by atoms with van der Waals surface area (Å²) in [6.45, 7) is 0. The number of carbonyl (C=O) groups is 1. The summed E-state index contributed by atoms with van der Waals surface area (Å²) in [6, 6.07) is 14.2. The lowest BCUT2D eigenvalue weighted by molar-refractivity contribution is 0.102. The molecule has 0 unspecified atom stereocenters. The van der Waals surface area contributed by atoms with Crippen LogP contribution in [0.5, 0.6) is 0 Å². The Balaban J connectivity index is 1.75. The van der Waals surface area contributed by atoms with Gasteiger partial charge in [0.15, 0.2) is 0 Å². The standard InChI is InChI=1S/C20H17ClFN3O5S2/c1-31(27,28)24-16-8-11-19(21)18(12-16)20(26)23-14-6-9-17(10-7-14)32(29,30)25-15-4-2-13(22)3-5-15/h2-12,24-25H,1H3,(H,23,26). The topological polar surface area (TPSA) is 121 Å². The van der Waals surface area contributed by atoms with Crippen molar-refractivity contribution >= 4 is 54.6 Å². The van der Waals surface area contributed by atoms with Crippen molar-refractivity contribution in [3.8, 4) is 0 Å². The third kappa shape index (κ3) is 6.19. The Hall–Kier alpha value is -3.15. The second kappa shape index (κ2) is 9.15. The van der Waals surface area contributed by atoms with Crippen molar-refractivity contribution in [3.05, 3.63) is 83.1 Å². The summed E-state index contributed by atoms with van der Waals surface area (Å²) >= 11 is 6.05. The van der Waals surface area contributed by atoms with Crippen LogP contribution in [-0.2, 0) is 20.0 Å². The predicted molar refractivity (Wildman–Crippen MR) is 122 cm³/mol. The molecule has 32 heavy (non-hydrogen) atoms. The van der Waals surface area contributed by atoms with Gasteiger partial charge in [0.2, 0.25) is 10.0 Å². The molecule has 3 rings (SSSR count). The first-order valence-electron chi connectivity index (χ1n) is 8.90. The largest absolute Gasteiger partial charge is 0.322 e. The molecule has 0 aliphatic heterocycles. The molecule has 12 heteroatoms. The third-order valence-electron chi connectivity index (χ3n) is 4.03. The number of hydrogen-bond acceptors (Lipinski definition) is 5. The minimum Gasteiger partial charge on any atom is -0.322 e.